The fourth-order valence-corrected chi connectivity index (χ4v) is 2.28. The second-order valence-corrected chi connectivity index (χ2v) is 5.08. The molecule has 0 saturated heterocycles. The normalized spacial score (nSPS) is 13.9. The molecule has 1 atom stereocenters. The zero-order valence-corrected chi connectivity index (χ0v) is 11.2. The highest BCUT2D eigenvalue weighted by Crippen LogP contribution is 2.37. The molecule has 0 aliphatic heterocycles. The highest BCUT2D eigenvalue weighted by Gasteiger charge is 2.36. The number of halogens is 1. The van der Waals surface area contributed by atoms with Crippen LogP contribution in [0.4, 0.5) is 0 Å². The van der Waals surface area contributed by atoms with Crippen LogP contribution in [0.15, 0.2) is 24.3 Å². The first-order valence-electron chi connectivity index (χ1n) is 5.81. The highest BCUT2D eigenvalue weighted by molar-refractivity contribution is 6.30. The molecule has 0 spiro atoms. The van der Waals surface area contributed by atoms with Crippen LogP contribution in [-0.2, 0) is 10.2 Å². The number of hydrogen-bond acceptors (Lipinski definition) is 2. The lowest BCUT2D eigenvalue weighted by Gasteiger charge is -2.31. The van der Waals surface area contributed by atoms with Gasteiger partial charge in [-0.1, -0.05) is 37.6 Å². The molecule has 0 fully saturated rings. The molecule has 96 valence electrons. The van der Waals surface area contributed by atoms with Crippen molar-refractivity contribution in [2.24, 2.45) is 5.92 Å². The van der Waals surface area contributed by atoms with Crippen LogP contribution in [0.3, 0.4) is 0 Å². The molecule has 0 radical (unpaired) electrons. The van der Waals surface area contributed by atoms with E-state index in [1.165, 1.54) is 0 Å². The van der Waals surface area contributed by atoms with Gasteiger partial charge in [-0.15, -0.1) is 0 Å². The van der Waals surface area contributed by atoms with Crippen molar-refractivity contribution in [3.63, 3.8) is 0 Å². The van der Waals surface area contributed by atoms with Crippen LogP contribution in [-0.4, -0.2) is 11.1 Å². The van der Waals surface area contributed by atoms with Gasteiger partial charge in [-0.05, 0) is 30.0 Å². The zero-order valence-electron chi connectivity index (χ0n) is 10.5. The SMILES string of the molecule is CC(C)C(C#N)(CCC(=O)O)c1cccc(Cl)c1. The molecular formula is C14H16ClNO2. The fraction of sp³-hybridized carbons (Fsp3) is 0.429. The molecule has 1 aromatic rings. The molecule has 0 aliphatic rings. The number of benzene rings is 1. The molecule has 1 rings (SSSR count). The van der Waals surface area contributed by atoms with Crippen LogP contribution in [0.25, 0.3) is 0 Å². The minimum Gasteiger partial charge on any atom is -0.481 e. The third-order valence-electron chi connectivity index (χ3n) is 3.26. The summed E-state index contributed by atoms with van der Waals surface area (Å²) in [5.74, 6) is -0.877. The molecule has 0 aliphatic carbocycles. The van der Waals surface area contributed by atoms with E-state index in [9.17, 15) is 10.1 Å². The molecule has 3 nitrogen and oxygen atoms in total. The average molecular weight is 266 g/mol. The van der Waals surface area contributed by atoms with Gasteiger partial charge in [0.2, 0.25) is 0 Å². The van der Waals surface area contributed by atoms with Crippen LogP contribution in [0.1, 0.15) is 32.3 Å². The molecule has 1 unspecified atom stereocenters. The van der Waals surface area contributed by atoms with Crippen LogP contribution >= 0.6 is 11.6 Å². The Balaban J connectivity index is 3.19. The van der Waals surface area contributed by atoms with E-state index in [4.69, 9.17) is 16.7 Å². The van der Waals surface area contributed by atoms with Gasteiger partial charge in [-0.2, -0.15) is 5.26 Å². The van der Waals surface area contributed by atoms with Crippen LogP contribution < -0.4 is 0 Å². The van der Waals surface area contributed by atoms with Gasteiger partial charge >= 0.3 is 5.97 Å². The first-order valence-corrected chi connectivity index (χ1v) is 6.19. The Morgan fingerprint density at radius 3 is 2.67 bits per heavy atom. The molecule has 0 bridgehead atoms. The first-order chi connectivity index (χ1) is 8.42. The largest absolute Gasteiger partial charge is 0.481 e. The van der Waals surface area contributed by atoms with E-state index < -0.39 is 11.4 Å². The molecule has 4 heteroatoms. The van der Waals surface area contributed by atoms with Crippen molar-refractivity contribution in [1.29, 1.82) is 5.26 Å². The lowest BCUT2D eigenvalue weighted by atomic mass is 9.70. The van der Waals surface area contributed by atoms with E-state index in [0.29, 0.717) is 5.02 Å². The topological polar surface area (TPSA) is 61.1 Å². The van der Waals surface area contributed by atoms with Crippen molar-refractivity contribution in [3.05, 3.63) is 34.9 Å². The van der Waals surface area contributed by atoms with Gasteiger partial charge in [0.15, 0.2) is 0 Å². The molecule has 0 amide bonds. The van der Waals surface area contributed by atoms with E-state index in [2.05, 4.69) is 6.07 Å². The van der Waals surface area contributed by atoms with Crippen molar-refractivity contribution >= 4 is 17.6 Å². The third kappa shape index (κ3) is 3.02. The van der Waals surface area contributed by atoms with Crippen LogP contribution in [0.2, 0.25) is 5.02 Å². The van der Waals surface area contributed by atoms with Crippen molar-refractivity contribution in [3.8, 4) is 6.07 Å². The van der Waals surface area contributed by atoms with Gasteiger partial charge < -0.3 is 5.11 Å². The molecule has 0 saturated carbocycles. The quantitative estimate of drug-likeness (QED) is 0.884. The zero-order chi connectivity index (χ0) is 13.8. The van der Waals surface area contributed by atoms with Crippen LogP contribution in [0, 0.1) is 17.2 Å². The highest BCUT2D eigenvalue weighted by atomic mass is 35.5. The maximum absolute atomic E-state index is 10.7. The van der Waals surface area contributed by atoms with Gasteiger partial charge in [0.05, 0.1) is 11.5 Å². The summed E-state index contributed by atoms with van der Waals surface area (Å²) >= 11 is 5.95. The Bertz CT molecular complexity index is 479. The number of nitrogens with zero attached hydrogens (tertiary/aromatic N) is 1. The molecule has 0 heterocycles. The second kappa shape index (κ2) is 5.88. The van der Waals surface area contributed by atoms with E-state index in [1.807, 2.05) is 19.9 Å². The predicted molar refractivity (Wildman–Crippen MR) is 70.5 cm³/mol. The monoisotopic (exact) mass is 265 g/mol. The smallest absolute Gasteiger partial charge is 0.303 e. The average Bonchev–Trinajstić information content (AvgIpc) is 2.29. The minimum atomic E-state index is -0.891. The van der Waals surface area contributed by atoms with Crippen molar-refractivity contribution in [2.75, 3.05) is 0 Å². The third-order valence-corrected chi connectivity index (χ3v) is 3.49. The number of nitriles is 1. The van der Waals surface area contributed by atoms with Gasteiger partial charge in [0.25, 0.3) is 0 Å². The summed E-state index contributed by atoms with van der Waals surface area (Å²) in [5, 5.41) is 18.9. The summed E-state index contributed by atoms with van der Waals surface area (Å²) < 4.78 is 0. The van der Waals surface area contributed by atoms with Gasteiger partial charge in [0, 0.05) is 11.4 Å². The number of hydrogen-bond donors (Lipinski definition) is 1. The number of carboxylic acids is 1. The lowest BCUT2D eigenvalue weighted by molar-refractivity contribution is -0.137. The van der Waals surface area contributed by atoms with Crippen molar-refractivity contribution < 1.29 is 9.90 Å². The van der Waals surface area contributed by atoms with E-state index in [1.54, 1.807) is 18.2 Å². The summed E-state index contributed by atoms with van der Waals surface area (Å²) in [6, 6.07) is 9.39. The summed E-state index contributed by atoms with van der Waals surface area (Å²) in [5.41, 5.74) is -0.0164. The molecule has 1 aromatic carbocycles. The van der Waals surface area contributed by atoms with Gasteiger partial charge in [0.1, 0.15) is 0 Å². The number of aliphatic carboxylic acids is 1. The standard InChI is InChI=1S/C14H16ClNO2/c1-10(2)14(9-16,7-6-13(17)18)11-4-3-5-12(15)8-11/h3-5,8,10H,6-7H2,1-2H3,(H,17,18). The Labute approximate surface area is 112 Å². The van der Waals surface area contributed by atoms with Crippen LogP contribution in [0.5, 0.6) is 0 Å². The Morgan fingerprint density at radius 1 is 1.56 bits per heavy atom. The summed E-state index contributed by atoms with van der Waals surface area (Å²) in [6.07, 6.45) is 0.259. The number of carbonyl (C=O) groups is 1. The molecule has 18 heavy (non-hydrogen) atoms. The Hall–Kier alpha value is -1.53. The molecular weight excluding hydrogens is 250 g/mol. The number of rotatable bonds is 5. The van der Waals surface area contributed by atoms with Crippen molar-refractivity contribution in [2.45, 2.75) is 32.1 Å². The summed E-state index contributed by atoms with van der Waals surface area (Å²) in [4.78, 5) is 10.7. The first kappa shape index (κ1) is 14.5. The molecule has 1 N–H and O–H groups in total. The van der Waals surface area contributed by atoms with Crippen molar-refractivity contribution in [1.82, 2.24) is 0 Å². The molecule has 0 aromatic heterocycles. The van der Waals surface area contributed by atoms with E-state index in [-0.39, 0.29) is 18.8 Å². The fourth-order valence-electron chi connectivity index (χ4n) is 2.09. The Morgan fingerprint density at radius 2 is 2.22 bits per heavy atom. The summed E-state index contributed by atoms with van der Waals surface area (Å²) in [7, 11) is 0. The number of carboxylic acid groups (broad SMARTS) is 1. The lowest BCUT2D eigenvalue weighted by Crippen LogP contribution is -2.31. The Kier molecular flexibility index (Phi) is 4.75. The maximum Gasteiger partial charge on any atom is 0.303 e. The van der Waals surface area contributed by atoms with Gasteiger partial charge in [-0.3, -0.25) is 4.79 Å². The van der Waals surface area contributed by atoms with E-state index in [0.717, 1.165) is 5.56 Å². The van der Waals surface area contributed by atoms with Gasteiger partial charge in [-0.25, -0.2) is 0 Å². The van der Waals surface area contributed by atoms with E-state index >= 15 is 0 Å². The predicted octanol–water partition coefficient (Wildman–Crippen LogP) is 3.62. The maximum atomic E-state index is 10.7. The summed E-state index contributed by atoms with van der Waals surface area (Å²) in [6.45, 7) is 3.85. The second-order valence-electron chi connectivity index (χ2n) is 4.64. The minimum absolute atomic E-state index is 0.0142.